The number of nitrogens with one attached hydrogen (secondary N) is 1. The zero-order valence-electron chi connectivity index (χ0n) is 10.4. The van der Waals surface area contributed by atoms with Crippen LogP contribution < -0.4 is 11.1 Å². The van der Waals surface area contributed by atoms with Gasteiger partial charge in [0.2, 0.25) is 5.91 Å². The summed E-state index contributed by atoms with van der Waals surface area (Å²) >= 11 is 0. The molecule has 1 amide bonds. The van der Waals surface area contributed by atoms with Crippen molar-refractivity contribution in [2.24, 2.45) is 17.1 Å². The highest BCUT2D eigenvalue weighted by atomic mass is 16.2. The molecule has 3 nitrogen and oxygen atoms in total. The summed E-state index contributed by atoms with van der Waals surface area (Å²) in [4.78, 5) is 11.6. The first-order valence-electron chi connectivity index (χ1n) is 5.81. The van der Waals surface area contributed by atoms with E-state index in [-0.39, 0.29) is 11.3 Å². The first kappa shape index (κ1) is 12.5. The van der Waals surface area contributed by atoms with Crippen molar-refractivity contribution in [3.63, 3.8) is 0 Å². The third-order valence-corrected chi connectivity index (χ3v) is 3.50. The van der Waals surface area contributed by atoms with E-state index in [0.29, 0.717) is 0 Å². The van der Waals surface area contributed by atoms with Crippen LogP contribution in [-0.2, 0) is 4.79 Å². The summed E-state index contributed by atoms with van der Waals surface area (Å²) in [5.41, 5.74) is 5.16. The molecule has 1 saturated carbocycles. The van der Waals surface area contributed by atoms with Crippen molar-refractivity contribution in [2.45, 2.75) is 52.5 Å². The quantitative estimate of drug-likeness (QED) is 0.744. The molecular formula is C12H24N2O. The highest BCUT2D eigenvalue weighted by molar-refractivity contribution is 5.85. The highest BCUT2D eigenvalue weighted by Gasteiger charge is 2.34. The molecule has 88 valence electrons. The van der Waals surface area contributed by atoms with E-state index in [4.69, 9.17) is 5.73 Å². The number of nitrogens with two attached hydrogens (primary N) is 1. The Morgan fingerprint density at radius 1 is 1.33 bits per heavy atom. The molecule has 1 aliphatic carbocycles. The molecule has 3 heteroatoms. The normalized spacial score (nSPS) is 18.5. The second-order valence-corrected chi connectivity index (χ2v) is 6.02. The third-order valence-electron chi connectivity index (χ3n) is 3.50. The molecular weight excluding hydrogens is 188 g/mol. The van der Waals surface area contributed by atoms with Crippen molar-refractivity contribution in [1.82, 2.24) is 5.32 Å². The van der Waals surface area contributed by atoms with E-state index >= 15 is 0 Å². The summed E-state index contributed by atoms with van der Waals surface area (Å²) < 4.78 is 0. The summed E-state index contributed by atoms with van der Waals surface area (Å²) in [6.45, 7) is 8.65. The van der Waals surface area contributed by atoms with Crippen molar-refractivity contribution in [3.8, 4) is 0 Å². The zero-order chi connectivity index (χ0) is 11.7. The van der Waals surface area contributed by atoms with E-state index in [9.17, 15) is 4.79 Å². The number of rotatable bonds is 4. The Kier molecular flexibility index (Phi) is 3.44. The molecule has 0 spiro atoms. The smallest absolute Gasteiger partial charge is 0.239 e. The van der Waals surface area contributed by atoms with Gasteiger partial charge in [0.25, 0.3) is 0 Å². The molecule has 0 heterocycles. The average molecular weight is 212 g/mol. The Bertz CT molecular complexity index is 236. The molecule has 1 aliphatic rings. The van der Waals surface area contributed by atoms with Gasteiger partial charge in [-0.2, -0.15) is 0 Å². The van der Waals surface area contributed by atoms with E-state index in [1.807, 2.05) is 0 Å². The third kappa shape index (κ3) is 3.20. The van der Waals surface area contributed by atoms with Crippen LogP contribution in [0.4, 0.5) is 0 Å². The Balaban J connectivity index is 2.38. The van der Waals surface area contributed by atoms with E-state index in [0.717, 1.165) is 12.5 Å². The van der Waals surface area contributed by atoms with Crippen LogP contribution in [0.1, 0.15) is 47.0 Å². The Morgan fingerprint density at radius 3 is 2.20 bits per heavy atom. The molecule has 0 aromatic heterocycles. The number of amides is 1. The predicted octanol–water partition coefficient (Wildman–Crippen LogP) is 1.67. The summed E-state index contributed by atoms with van der Waals surface area (Å²) in [5.74, 6) is 0.702. The maximum Gasteiger partial charge on any atom is 0.239 e. The van der Waals surface area contributed by atoms with Gasteiger partial charge in [0.15, 0.2) is 0 Å². The van der Waals surface area contributed by atoms with Crippen LogP contribution in [0, 0.1) is 11.3 Å². The molecule has 0 unspecified atom stereocenters. The average Bonchev–Trinajstić information content (AvgIpc) is 1.93. The SMILES string of the molecule is CC(C)(N)C(=O)NCC(C)(C)C1CCC1. The number of hydrogen-bond donors (Lipinski definition) is 2. The van der Waals surface area contributed by atoms with Crippen LogP contribution in [0.3, 0.4) is 0 Å². The molecule has 0 bridgehead atoms. The fourth-order valence-corrected chi connectivity index (χ4v) is 1.87. The van der Waals surface area contributed by atoms with Gasteiger partial charge in [-0.1, -0.05) is 20.3 Å². The van der Waals surface area contributed by atoms with Gasteiger partial charge < -0.3 is 11.1 Å². The summed E-state index contributed by atoms with van der Waals surface area (Å²) in [7, 11) is 0. The van der Waals surface area contributed by atoms with E-state index in [1.54, 1.807) is 13.8 Å². The minimum Gasteiger partial charge on any atom is -0.354 e. The summed E-state index contributed by atoms with van der Waals surface area (Å²) in [6.07, 6.45) is 3.94. The lowest BCUT2D eigenvalue weighted by molar-refractivity contribution is -0.126. The summed E-state index contributed by atoms with van der Waals surface area (Å²) in [6, 6.07) is 0. The van der Waals surface area contributed by atoms with Gasteiger partial charge in [-0.15, -0.1) is 0 Å². The maximum absolute atomic E-state index is 11.6. The van der Waals surface area contributed by atoms with Crippen LogP contribution in [0.5, 0.6) is 0 Å². The lowest BCUT2D eigenvalue weighted by atomic mass is 9.67. The van der Waals surface area contributed by atoms with Crippen molar-refractivity contribution < 1.29 is 4.79 Å². The minimum absolute atomic E-state index is 0.0603. The molecule has 15 heavy (non-hydrogen) atoms. The van der Waals surface area contributed by atoms with E-state index in [2.05, 4.69) is 19.2 Å². The molecule has 0 aromatic rings. The highest BCUT2D eigenvalue weighted by Crippen LogP contribution is 2.41. The Hall–Kier alpha value is -0.570. The fourth-order valence-electron chi connectivity index (χ4n) is 1.87. The first-order chi connectivity index (χ1) is 6.73. The largest absolute Gasteiger partial charge is 0.354 e. The number of hydrogen-bond acceptors (Lipinski definition) is 2. The number of carbonyl (C=O) groups is 1. The molecule has 0 aliphatic heterocycles. The topological polar surface area (TPSA) is 55.1 Å². The van der Waals surface area contributed by atoms with Gasteiger partial charge >= 0.3 is 0 Å². The first-order valence-corrected chi connectivity index (χ1v) is 5.81. The molecule has 0 atom stereocenters. The van der Waals surface area contributed by atoms with Crippen molar-refractivity contribution in [2.75, 3.05) is 6.54 Å². The minimum atomic E-state index is -0.768. The van der Waals surface area contributed by atoms with Crippen LogP contribution in [0.2, 0.25) is 0 Å². The standard InChI is InChI=1S/C12H24N2O/c1-11(2,9-6-5-7-9)8-14-10(15)12(3,4)13/h9H,5-8,13H2,1-4H3,(H,14,15). The van der Waals surface area contributed by atoms with E-state index < -0.39 is 5.54 Å². The monoisotopic (exact) mass is 212 g/mol. The number of carbonyl (C=O) groups excluding carboxylic acids is 1. The van der Waals surface area contributed by atoms with Gasteiger partial charge in [0, 0.05) is 6.54 Å². The molecule has 0 radical (unpaired) electrons. The molecule has 1 fully saturated rings. The van der Waals surface area contributed by atoms with Gasteiger partial charge in [-0.05, 0) is 38.0 Å². The molecule has 1 rings (SSSR count). The lowest BCUT2D eigenvalue weighted by Crippen LogP contribution is -2.52. The second-order valence-electron chi connectivity index (χ2n) is 6.02. The van der Waals surface area contributed by atoms with E-state index in [1.165, 1.54) is 19.3 Å². The molecule has 3 N–H and O–H groups in total. The predicted molar refractivity (Wildman–Crippen MR) is 62.4 cm³/mol. The van der Waals surface area contributed by atoms with Gasteiger partial charge in [0.05, 0.1) is 5.54 Å². The van der Waals surface area contributed by atoms with Crippen LogP contribution in [0.15, 0.2) is 0 Å². The van der Waals surface area contributed by atoms with Crippen molar-refractivity contribution in [3.05, 3.63) is 0 Å². The lowest BCUT2D eigenvalue weighted by Gasteiger charge is -2.40. The zero-order valence-corrected chi connectivity index (χ0v) is 10.4. The maximum atomic E-state index is 11.6. The van der Waals surface area contributed by atoms with Crippen LogP contribution >= 0.6 is 0 Å². The van der Waals surface area contributed by atoms with Crippen molar-refractivity contribution >= 4 is 5.91 Å². The van der Waals surface area contributed by atoms with Crippen molar-refractivity contribution in [1.29, 1.82) is 0 Å². The van der Waals surface area contributed by atoms with Gasteiger partial charge in [-0.25, -0.2) is 0 Å². The van der Waals surface area contributed by atoms with Gasteiger partial charge in [-0.3, -0.25) is 4.79 Å². The van der Waals surface area contributed by atoms with Crippen LogP contribution in [0.25, 0.3) is 0 Å². The fraction of sp³-hybridized carbons (Fsp3) is 0.917. The Morgan fingerprint density at radius 2 is 1.87 bits per heavy atom. The molecule has 0 aromatic carbocycles. The Labute approximate surface area is 92.8 Å². The van der Waals surface area contributed by atoms with Crippen LogP contribution in [-0.4, -0.2) is 18.0 Å². The second kappa shape index (κ2) is 4.12. The van der Waals surface area contributed by atoms with Gasteiger partial charge in [0.1, 0.15) is 0 Å². The molecule has 0 saturated heterocycles. The summed E-state index contributed by atoms with van der Waals surface area (Å²) in [5, 5.41) is 2.95.